The SMILES string of the molecule is CCCCN(CCC)c1nc(N(CCCC)C2CC(C)(C)N(C)C(C)(C)C2)nc(N(CCCC)C2CC(C)(C)N(C)C(C)(C)C2)n1. The first kappa shape index (κ1) is 38.8. The van der Waals surface area contributed by atoms with Crippen LogP contribution in [0.5, 0.6) is 0 Å². The quantitative estimate of drug-likeness (QED) is 0.178. The zero-order chi connectivity index (χ0) is 34.5. The Labute approximate surface area is 285 Å². The highest BCUT2D eigenvalue weighted by atomic mass is 15.4. The molecule has 2 aliphatic rings. The van der Waals surface area contributed by atoms with Gasteiger partial charge < -0.3 is 14.7 Å². The summed E-state index contributed by atoms with van der Waals surface area (Å²) in [6.07, 6.45) is 12.3. The third kappa shape index (κ3) is 9.06. The molecule has 1 aromatic rings. The Balaban J connectivity index is 2.22. The van der Waals surface area contributed by atoms with E-state index in [2.05, 4.69) is 122 Å². The lowest BCUT2D eigenvalue weighted by atomic mass is 9.77. The molecule has 0 aliphatic carbocycles. The molecule has 2 aliphatic heterocycles. The van der Waals surface area contributed by atoms with E-state index in [1.165, 1.54) is 0 Å². The van der Waals surface area contributed by atoms with Crippen LogP contribution in [0, 0.1) is 0 Å². The van der Waals surface area contributed by atoms with Crippen molar-refractivity contribution in [1.82, 2.24) is 24.8 Å². The molecule has 0 N–H and O–H groups in total. The lowest BCUT2D eigenvalue weighted by Crippen LogP contribution is -2.63. The highest BCUT2D eigenvalue weighted by Crippen LogP contribution is 2.42. The molecule has 0 amide bonds. The molecule has 0 atom stereocenters. The Bertz CT molecular complexity index is 974. The van der Waals surface area contributed by atoms with Gasteiger partial charge in [-0.05, 0) is 121 Å². The molecule has 0 aromatic carbocycles. The van der Waals surface area contributed by atoms with Crippen LogP contribution in [0.25, 0.3) is 0 Å². The van der Waals surface area contributed by atoms with Gasteiger partial charge in [0.05, 0.1) is 0 Å². The van der Waals surface area contributed by atoms with E-state index < -0.39 is 0 Å². The van der Waals surface area contributed by atoms with Crippen molar-refractivity contribution >= 4 is 17.8 Å². The van der Waals surface area contributed by atoms with Crippen LogP contribution in [0.2, 0.25) is 0 Å². The van der Waals surface area contributed by atoms with E-state index in [0.29, 0.717) is 12.1 Å². The Kier molecular flexibility index (Phi) is 13.2. The molecule has 1 aromatic heterocycles. The average Bonchev–Trinajstić information content (AvgIpc) is 2.96. The minimum Gasteiger partial charge on any atom is -0.341 e. The van der Waals surface area contributed by atoms with Gasteiger partial charge in [0, 0.05) is 60.4 Å². The topological polar surface area (TPSA) is 54.9 Å². The maximum atomic E-state index is 5.52. The Morgan fingerprint density at radius 3 is 1.15 bits per heavy atom. The molecule has 8 nitrogen and oxygen atoms in total. The summed E-state index contributed by atoms with van der Waals surface area (Å²) in [7, 11) is 4.61. The predicted molar refractivity (Wildman–Crippen MR) is 200 cm³/mol. The van der Waals surface area contributed by atoms with Gasteiger partial charge in [0.1, 0.15) is 0 Å². The van der Waals surface area contributed by atoms with Crippen LogP contribution < -0.4 is 14.7 Å². The third-order valence-corrected chi connectivity index (χ3v) is 11.6. The molecule has 2 fully saturated rings. The summed E-state index contributed by atoms with van der Waals surface area (Å²) in [5, 5.41) is 0. The smallest absolute Gasteiger partial charge is 0.232 e. The summed E-state index contributed by atoms with van der Waals surface area (Å²) in [6.45, 7) is 32.3. The van der Waals surface area contributed by atoms with Gasteiger partial charge in [-0.3, -0.25) is 9.80 Å². The Morgan fingerprint density at radius 1 is 0.500 bits per heavy atom. The zero-order valence-corrected chi connectivity index (χ0v) is 32.8. The van der Waals surface area contributed by atoms with Crippen molar-refractivity contribution in [2.24, 2.45) is 0 Å². The van der Waals surface area contributed by atoms with E-state index in [1.54, 1.807) is 0 Å². The summed E-state index contributed by atoms with van der Waals surface area (Å²) < 4.78 is 0. The van der Waals surface area contributed by atoms with Gasteiger partial charge in [0.2, 0.25) is 17.8 Å². The standard InChI is InChI=1S/C38H74N8/c1-15-19-23-44(22-18-4)32-39-33(45(24-20-16-2)30-26-35(5,6)42(13)36(7,8)27-30)41-34(40-32)46(25-21-17-3)31-28-37(9,10)43(14)38(11,12)29-31/h30-31H,15-29H2,1-14H3. The monoisotopic (exact) mass is 643 g/mol. The number of hydrogen-bond acceptors (Lipinski definition) is 8. The first-order valence-corrected chi connectivity index (χ1v) is 19.0. The molecule has 0 bridgehead atoms. The Morgan fingerprint density at radius 2 is 0.826 bits per heavy atom. The molecular formula is C38H74N8. The van der Waals surface area contributed by atoms with Crippen LogP contribution >= 0.6 is 0 Å². The molecule has 266 valence electrons. The van der Waals surface area contributed by atoms with E-state index in [-0.39, 0.29) is 22.2 Å². The predicted octanol–water partition coefficient (Wildman–Crippen LogP) is 8.40. The third-order valence-electron chi connectivity index (χ3n) is 11.6. The number of aromatic nitrogens is 3. The molecule has 2 saturated heterocycles. The molecule has 3 heterocycles. The summed E-state index contributed by atoms with van der Waals surface area (Å²) >= 11 is 0. The maximum absolute atomic E-state index is 5.52. The van der Waals surface area contributed by atoms with Gasteiger partial charge in [-0.15, -0.1) is 0 Å². The van der Waals surface area contributed by atoms with E-state index in [4.69, 9.17) is 15.0 Å². The molecule has 0 saturated carbocycles. The molecule has 3 rings (SSSR count). The fourth-order valence-corrected chi connectivity index (χ4v) is 8.30. The van der Waals surface area contributed by atoms with Crippen molar-refractivity contribution in [3.63, 3.8) is 0 Å². The number of piperidine rings is 2. The highest BCUT2D eigenvalue weighted by Gasteiger charge is 2.47. The van der Waals surface area contributed by atoms with E-state index in [1.807, 2.05) is 0 Å². The van der Waals surface area contributed by atoms with Crippen molar-refractivity contribution in [2.45, 2.75) is 188 Å². The molecule has 46 heavy (non-hydrogen) atoms. The highest BCUT2D eigenvalue weighted by molar-refractivity contribution is 5.48. The van der Waals surface area contributed by atoms with Gasteiger partial charge >= 0.3 is 0 Å². The van der Waals surface area contributed by atoms with Crippen LogP contribution in [0.1, 0.15) is 154 Å². The van der Waals surface area contributed by atoms with Gasteiger partial charge in [-0.25, -0.2) is 0 Å². The first-order chi connectivity index (χ1) is 21.4. The summed E-state index contributed by atoms with van der Waals surface area (Å²) in [6, 6.07) is 0.743. The second-order valence-electron chi connectivity index (χ2n) is 17.2. The van der Waals surface area contributed by atoms with Gasteiger partial charge in [-0.2, -0.15) is 15.0 Å². The van der Waals surface area contributed by atoms with Crippen LogP contribution in [0.4, 0.5) is 17.8 Å². The fraction of sp³-hybridized carbons (Fsp3) is 0.921. The van der Waals surface area contributed by atoms with E-state index in [0.717, 1.165) is 115 Å². The summed E-state index contributed by atoms with van der Waals surface area (Å²) in [5.74, 6) is 2.65. The van der Waals surface area contributed by atoms with Crippen LogP contribution in [-0.2, 0) is 0 Å². The van der Waals surface area contributed by atoms with Crippen molar-refractivity contribution in [1.29, 1.82) is 0 Å². The minimum atomic E-state index is 0.0867. The van der Waals surface area contributed by atoms with Crippen molar-refractivity contribution in [3.05, 3.63) is 0 Å². The molecular weight excluding hydrogens is 568 g/mol. The normalized spacial score (nSPS) is 21.8. The number of unbranched alkanes of at least 4 members (excludes halogenated alkanes) is 3. The van der Waals surface area contributed by atoms with Gasteiger partial charge in [-0.1, -0.05) is 47.0 Å². The fourth-order valence-electron chi connectivity index (χ4n) is 8.30. The lowest BCUT2D eigenvalue weighted by Gasteiger charge is -2.56. The summed E-state index contributed by atoms with van der Waals surface area (Å²) in [5.41, 5.74) is 0.347. The minimum absolute atomic E-state index is 0.0867. The second-order valence-corrected chi connectivity index (χ2v) is 17.2. The number of anilines is 3. The van der Waals surface area contributed by atoms with Crippen LogP contribution in [0.3, 0.4) is 0 Å². The summed E-state index contributed by atoms with van der Waals surface area (Å²) in [4.78, 5) is 29.1. The second kappa shape index (κ2) is 15.7. The number of nitrogens with zero attached hydrogens (tertiary/aromatic N) is 8. The largest absolute Gasteiger partial charge is 0.341 e. The zero-order valence-electron chi connectivity index (χ0n) is 32.8. The number of rotatable bonds is 16. The van der Waals surface area contributed by atoms with Crippen LogP contribution in [-0.4, -0.2) is 99.3 Å². The van der Waals surface area contributed by atoms with Crippen molar-refractivity contribution in [3.8, 4) is 0 Å². The average molecular weight is 643 g/mol. The molecule has 0 radical (unpaired) electrons. The van der Waals surface area contributed by atoms with Crippen LogP contribution in [0.15, 0.2) is 0 Å². The van der Waals surface area contributed by atoms with Gasteiger partial charge in [0.15, 0.2) is 0 Å². The van der Waals surface area contributed by atoms with Crippen molar-refractivity contribution in [2.75, 3.05) is 55.0 Å². The van der Waals surface area contributed by atoms with E-state index in [9.17, 15) is 0 Å². The molecule has 8 heteroatoms. The lowest BCUT2D eigenvalue weighted by molar-refractivity contribution is -0.0130. The molecule has 0 spiro atoms. The molecule has 0 unspecified atom stereocenters. The van der Waals surface area contributed by atoms with E-state index >= 15 is 0 Å². The Hall–Kier alpha value is -1.67. The maximum Gasteiger partial charge on any atom is 0.232 e. The number of likely N-dealkylation sites (tertiary alicyclic amines) is 2. The number of hydrogen-bond donors (Lipinski definition) is 0. The van der Waals surface area contributed by atoms with Gasteiger partial charge in [0.25, 0.3) is 0 Å². The van der Waals surface area contributed by atoms with Crippen molar-refractivity contribution < 1.29 is 0 Å². The first-order valence-electron chi connectivity index (χ1n) is 19.0.